The lowest BCUT2D eigenvalue weighted by molar-refractivity contribution is 0.686. The van der Waals surface area contributed by atoms with Crippen molar-refractivity contribution in [2.75, 3.05) is 18.5 Å². The molecule has 0 unspecified atom stereocenters. The molecule has 1 aliphatic rings. The average molecular weight is 283 g/mol. The van der Waals surface area contributed by atoms with Crippen LogP contribution in [0.4, 0.5) is 5.69 Å². The zero-order valence-corrected chi connectivity index (χ0v) is 11.5. The second-order valence-corrected chi connectivity index (χ2v) is 5.36. The smallest absolute Gasteiger partial charge is 0.0409 e. The topological polar surface area (TPSA) is 15.3 Å². The third kappa shape index (κ3) is 2.98. The lowest BCUT2D eigenvalue weighted by Gasteiger charge is -2.21. The van der Waals surface area contributed by atoms with E-state index in [0.717, 1.165) is 23.6 Å². The Morgan fingerprint density at radius 3 is 2.81 bits per heavy atom. The monoisotopic (exact) mass is 282 g/mol. The van der Waals surface area contributed by atoms with Gasteiger partial charge in [0.25, 0.3) is 0 Å². The highest BCUT2D eigenvalue weighted by atomic mass is 79.9. The molecule has 1 fully saturated rings. The van der Waals surface area contributed by atoms with Crippen LogP contribution in [0.2, 0.25) is 0 Å². The second kappa shape index (κ2) is 5.19. The molecule has 1 aromatic carbocycles. The van der Waals surface area contributed by atoms with Gasteiger partial charge < -0.3 is 10.2 Å². The fourth-order valence-corrected chi connectivity index (χ4v) is 2.19. The van der Waals surface area contributed by atoms with Crippen LogP contribution in [0.1, 0.15) is 25.3 Å². The van der Waals surface area contributed by atoms with Crippen molar-refractivity contribution in [2.45, 2.75) is 32.4 Å². The quantitative estimate of drug-likeness (QED) is 0.893. The Labute approximate surface area is 106 Å². The van der Waals surface area contributed by atoms with Crippen molar-refractivity contribution in [1.82, 2.24) is 5.32 Å². The van der Waals surface area contributed by atoms with Crippen LogP contribution in [-0.4, -0.2) is 19.6 Å². The maximum atomic E-state index is 3.57. The van der Waals surface area contributed by atoms with Crippen LogP contribution in [0, 0.1) is 0 Å². The van der Waals surface area contributed by atoms with Crippen LogP contribution in [0.5, 0.6) is 0 Å². The summed E-state index contributed by atoms with van der Waals surface area (Å²) in [5.41, 5.74) is 2.71. The summed E-state index contributed by atoms with van der Waals surface area (Å²) in [6, 6.07) is 7.29. The van der Waals surface area contributed by atoms with E-state index in [-0.39, 0.29) is 0 Å². The van der Waals surface area contributed by atoms with Gasteiger partial charge in [0.15, 0.2) is 0 Å². The summed E-state index contributed by atoms with van der Waals surface area (Å²) in [5, 5.41) is 3.57. The first-order valence-electron chi connectivity index (χ1n) is 5.93. The van der Waals surface area contributed by atoms with Crippen LogP contribution in [0.3, 0.4) is 0 Å². The maximum absolute atomic E-state index is 3.57. The van der Waals surface area contributed by atoms with Crippen molar-refractivity contribution in [3.05, 3.63) is 28.2 Å². The van der Waals surface area contributed by atoms with Crippen LogP contribution >= 0.6 is 15.9 Å². The summed E-state index contributed by atoms with van der Waals surface area (Å²) < 4.78 is 1.16. The minimum absolute atomic E-state index is 0.763. The minimum atomic E-state index is 0.763. The number of hydrogen-bond acceptors (Lipinski definition) is 2. The first-order valence-corrected chi connectivity index (χ1v) is 6.73. The molecule has 0 spiro atoms. The highest BCUT2D eigenvalue weighted by Crippen LogP contribution is 2.25. The van der Waals surface area contributed by atoms with E-state index in [4.69, 9.17) is 0 Å². The first kappa shape index (κ1) is 11.9. The van der Waals surface area contributed by atoms with E-state index in [1.165, 1.54) is 24.1 Å². The minimum Gasteiger partial charge on any atom is -0.375 e. The van der Waals surface area contributed by atoms with Gasteiger partial charge in [-0.05, 0) is 43.5 Å². The second-order valence-electron chi connectivity index (χ2n) is 4.44. The molecule has 2 rings (SSSR count). The average Bonchev–Trinajstić information content (AvgIpc) is 3.09. The third-order valence-corrected chi connectivity index (χ3v) is 3.58. The summed E-state index contributed by atoms with van der Waals surface area (Å²) in [6.07, 6.45) is 2.68. The molecular weight excluding hydrogens is 264 g/mol. The molecular formula is C13H19BrN2. The molecule has 0 radical (unpaired) electrons. The standard InChI is InChI=1S/C13H19BrN2/c1-3-16(2)13-7-4-11(14)8-10(13)9-15-12-5-6-12/h4,7-8,12,15H,3,5-6,9H2,1-2H3. The summed E-state index contributed by atoms with van der Waals surface area (Å²) >= 11 is 3.54. The third-order valence-electron chi connectivity index (χ3n) is 3.09. The maximum Gasteiger partial charge on any atom is 0.0409 e. The number of rotatable bonds is 5. The van der Waals surface area contributed by atoms with E-state index in [1.807, 2.05) is 0 Å². The number of halogens is 1. The summed E-state index contributed by atoms with van der Waals surface area (Å²) in [5.74, 6) is 0. The van der Waals surface area contributed by atoms with E-state index < -0.39 is 0 Å². The van der Waals surface area contributed by atoms with E-state index in [1.54, 1.807) is 0 Å². The molecule has 0 aromatic heterocycles. The van der Waals surface area contributed by atoms with Crippen molar-refractivity contribution in [1.29, 1.82) is 0 Å². The van der Waals surface area contributed by atoms with Gasteiger partial charge in [-0.15, -0.1) is 0 Å². The van der Waals surface area contributed by atoms with Crippen LogP contribution in [0.25, 0.3) is 0 Å². The van der Waals surface area contributed by atoms with Crippen LogP contribution < -0.4 is 10.2 Å². The SMILES string of the molecule is CCN(C)c1ccc(Br)cc1CNC1CC1. The van der Waals surface area contributed by atoms with Crippen LogP contribution in [-0.2, 0) is 6.54 Å². The molecule has 1 saturated carbocycles. The molecule has 1 aliphatic carbocycles. The normalized spacial score (nSPS) is 15.2. The van der Waals surface area contributed by atoms with Crippen molar-refractivity contribution in [2.24, 2.45) is 0 Å². The Bertz CT molecular complexity index is 361. The van der Waals surface area contributed by atoms with E-state index in [2.05, 4.69) is 58.3 Å². The predicted octanol–water partition coefficient (Wildman–Crippen LogP) is 3.16. The summed E-state index contributed by atoms with van der Waals surface area (Å²) in [4.78, 5) is 2.29. The van der Waals surface area contributed by atoms with Gasteiger partial charge in [0, 0.05) is 36.3 Å². The lowest BCUT2D eigenvalue weighted by Crippen LogP contribution is -2.21. The number of nitrogens with one attached hydrogen (secondary N) is 1. The Balaban J connectivity index is 2.13. The molecule has 0 bridgehead atoms. The number of nitrogens with zero attached hydrogens (tertiary/aromatic N) is 1. The zero-order chi connectivity index (χ0) is 11.5. The first-order chi connectivity index (χ1) is 7.70. The van der Waals surface area contributed by atoms with Crippen molar-refractivity contribution >= 4 is 21.6 Å². The van der Waals surface area contributed by atoms with E-state index in [9.17, 15) is 0 Å². The van der Waals surface area contributed by atoms with Gasteiger partial charge in [0.05, 0.1) is 0 Å². The largest absolute Gasteiger partial charge is 0.375 e. The lowest BCUT2D eigenvalue weighted by atomic mass is 10.1. The van der Waals surface area contributed by atoms with Gasteiger partial charge >= 0.3 is 0 Å². The van der Waals surface area contributed by atoms with E-state index in [0.29, 0.717) is 0 Å². The Morgan fingerprint density at radius 1 is 1.44 bits per heavy atom. The van der Waals surface area contributed by atoms with Crippen molar-refractivity contribution in [3.63, 3.8) is 0 Å². The highest BCUT2D eigenvalue weighted by molar-refractivity contribution is 9.10. The van der Waals surface area contributed by atoms with Gasteiger partial charge in [-0.1, -0.05) is 15.9 Å². The van der Waals surface area contributed by atoms with Gasteiger partial charge in [-0.3, -0.25) is 0 Å². The Morgan fingerprint density at radius 2 is 2.19 bits per heavy atom. The molecule has 0 saturated heterocycles. The molecule has 0 aliphatic heterocycles. The molecule has 88 valence electrons. The molecule has 16 heavy (non-hydrogen) atoms. The van der Waals surface area contributed by atoms with Crippen molar-refractivity contribution < 1.29 is 0 Å². The van der Waals surface area contributed by atoms with Gasteiger partial charge in [-0.2, -0.15) is 0 Å². The molecule has 0 amide bonds. The van der Waals surface area contributed by atoms with E-state index >= 15 is 0 Å². The van der Waals surface area contributed by atoms with Gasteiger partial charge in [-0.25, -0.2) is 0 Å². The Kier molecular flexibility index (Phi) is 3.87. The zero-order valence-electron chi connectivity index (χ0n) is 9.96. The number of hydrogen-bond donors (Lipinski definition) is 1. The molecule has 1 aromatic rings. The molecule has 1 N–H and O–H groups in total. The predicted molar refractivity (Wildman–Crippen MR) is 72.9 cm³/mol. The molecule has 0 atom stereocenters. The van der Waals surface area contributed by atoms with Crippen molar-refractivity contribution in [3.8, 4) is 0 Å². The van der Waals surface area contributed by atoms with Gasteiger partial charge in [0.1, 0.15) is 0 Å². The fourth-order valence-electron chi connectivity index (χ4n) is 1.78. The molecule has 3 heteroatoms. The van der Waals surface area contributed by atoms with Gasteiger partial charge in [0.2, 0.25) is 0 Å². The summed E-state index contributed by atoms with van der Waals surface area (Å²) in [6.45, 7) is 4.20. The molecule has 0 heterocycles. The number of anilines is 1. The summed E-state index contributed by atoms with van der Waals surface area (Å²) in [7, 11) is 2.14. The highest BCUT2D eigenvalue weighted by Gasteiger charge is 2.20. The molecule has 2 nitrogen and oxygen atoms in total. The Hall–Kier alpha value is -0.540. The fraction of sp³-hybridized carbons (Fsp3) is 0.538. The van der Waals surface area contributed by atoms with Crippen LogP contribution in [0.15, 0.2) is 22.7 Å². The number of benzene rings is 1.